The largest absolute Gasteiger partial charge is 0.459 e. The molecule has 2 aromatic rings. The topological polar surface area (TPSA) is 67.8 Å². The number of aliphatic hydroxyl groups is 1. The van der Waals surface area contributed by atoms with Crippen LogP contribution in [0.4, 0.5) is 0 Å². The first kappa shape index (κ1) is 20.1. The Bertz CT molecular complexity index is 786. The van der Waals surface area contributed by atoms with E-state index < -0.39 is 6.29 Å². The molecule has 2 aromatic carbocycles. The average Bonchev–Trinajstić information content (AvgIpc) is 2.73. The summed E-state index contributed by atoms with van der Waals surface area (Å²) in [4.78, 5) is 12.4. The molecule has 1 amide bonds. The highest BCUT2D eigenvalue weighted by Crippen LogP contribution is 2.24. The molecule has 0 spiro atoms. The first-order chi connectivity index (χ1) is 13.6. The predicted molar refractivity (Wildman–Crippen MR) is 107 cm³/mol. The average molecular weight is 381 g/mol. The minimum atomic E-state index is -0.451. The summed E-state index contributed by atoms with van der Waals surface area (Å²) in [7, 11) is 0. The van der Waals surface area contributed by atoms with E-state index in [9.17, 15) is 4.79 Å². The van der Waals surface area contributed by atoms with Crippen molar-refractivity contribution >= 4 is 5.91 Å². The quantitative estimate of drug-likeness (QED) is 0.736. The van der Waals surface area contributed by atoms with Gasteiger partial charge in [-0.25, -0.2) is 0 Å². The molecule has 0 saturated heterocycles. The zero-order chi connectivity index (χ0) is 19.8. The number of aliphatic hydroxyl groups excluding tert-OH is 1. The maximum Gasteiger partial charge on any atom is 0.286 e. The molecule has 1 aliphatic rings. The van der Waals surface area contributed by atoms with E-state index in [1.54, 1.807) is 0 Å². The molecule has 0 radical (unpaired) electrons. The van der Waals surface area contributed by atoms with Crippen molar-refractivity contribution in [1.82, 2.24) is 5.32 Å². The fraction of sp³-hybridized carbons (Fsp3) is 0.348. The van der Waals surface area contributed by atoms with Crippen LogP contribution >= 0.6 is 0 Å². The summed E-state index contributed by atoms with van der Waals surface area (Å²) in [5.41, 5.74) is 3.05. The van der Waals surface area contributed by atoms with Gasteiger partial charge in [0.05, 0.1) is 13.2 Å². The molecule has 5 nitrogen and oxygen atoms in total. The Kier molecular flexibility index (Phi) is 7.23. The molecule has 5 heteroatoms. The SMILES string of the molecule is C[C@@H]1C=C(C(=O)NCCc2ccccc2)O[C@H](OCc2ccc(CO)cc2)C1. The van der Waals surface area contributed by atoms with Crippen molar-refractivity contribution in [1.29, 1.82) is 0 Å². The first-order valence-corrected chi connectivity index (χ1v) is 9.65. The minimum Gasteiger partial charge on any atom is -0.459 e. The molecule has 1 aliphatic heterocycles. The number of amides is 1. The van der Waals surface area contributed by atoms with E-state index >= 15 is 0 Å². The molecule has 0 unspecified atom stereocenters. The van der Waals surface area contributed by atoms with Crippen molar-refractivity contribution in [3.8, 4) is 0 Å². The lowest BCUT2D eigenvalue weighted by Crippen LogP contribution is -2.33. The van der Waals surface area contributed by atoms with E-state index in [2.05, 4.69) is 5.32 Å². The second-order valence-electron chi connectivity index (χ2n) is 7.07. The Hall–Kier alpha value is -2.63. The number of allylic oxidation sites excluding steroid dienone is 1. The van der Waals surface area contributed by atoms with Crippen LogP contribution in [0.2, 0.25) is 0 Å². The second kappa shape index (κ2) is 10.1. The van der Waals surface area contributed by atoms with E-state index in [1.807, 2.05) is 67.6 Å². The Morgan fingerprint density at radius 2 is 1.82 bits per heavy atom. The Balaban J connectivity index is 1.47. The van der Waals surface area contributed by atoms with Crippen molar-refractivity contribution < 1.29 is 19.4 Å². The van der Waals surface area contributed by atoms with Crippen molar-refractivity contribution in [2.24, 2.45) is 5.92 Å². The van der Waals surface area contributed by atoms with Gasteiger partial charge in [-0.3, -0.25) is 4.79 Å². The number of nitrogens with one attached hydrogen (secondary N) is 1. The van der Waals surface area contributed by atoms with Gasteiger partial charge in [0.25, 0.3) is 5.91 Å². The zero-order valence-corrected chi connectivity index (χ0v) is 16.1. The van der Waals surface area contributed by atoms with Crippen LogP contribution in [-0.2, 0) is 33.9 Å². The smallest absolute Gasteiger partial charge is 0.286 e. The van der Waals surface area contributed by atoms with E-state index in [0.717, 1.165) is 17.5 Å². The highest BCUT2D eigenvalue weighted by Gasteiger charge is 2.25. The fourth-order valence-corrected chi connectivity index (χ4v) is 3.07. The van der Waals surface area contributed by atoms with Crippen molar-refractivity contribution in [3.63, 3.8) is 0 Å². The maximum atomic E-state index is 12.4. The number of rotatable bonds is 8. The van der Waals surface area contributed by atoms with Gasteiger partial charge in [-0.2, -0.15) is 0 Å². The Morgan fingerprint density at radius 3 is 2.54 bits per heavy atom. The number of hydrogen-bond acceptors (Lipinski definition) is 4. The summed E-state index contributed by atoms with van der Waals surface area (Å²) < 4.78 is 11.6. The standard InChI is InChI=1S/C23H27NO4/c1-17-13-21(23(26)24-12-11-18-5-3-2-4-6-18)28-22(14-17)27-16-20-9-7-19(15-25)8-10-20/h2-10,13,17,22,25H,11-12,14-16H2,1H3,(H,24,26)/t17-,22+/m1/s1. The van der Waals surface area contributed by atoms with E-state index in [-0.39, 0.29) is 18.4 Å². The Labute approximate surface area is 166 Å². The van der Waals surface area contributed by atoms with Gasteiger partial charge in [0.15, 0.2) is 5.76 Å². The number of ether oxygens (including phenoxy) is 2. The van der Waals surface area contributed by atoms with Crippen LogP contribution in [0.15, 0.2) is 66.4 Å². The van der Waals surface area contributed by atoms with Gasteiger partial charge < -0.3 is 19.9 Å². The monoisotopic (exact) mass is 381 g/mol. The summed E-state index contributed by atoms with van der Waals surface area (Å²) in [6, 6.07) is 17.6. The van der Waals surface area contributed by atoms with Crippen LogP contribution < -0.4 is 5.32 Å². The highest BCUT2D eigenvalue weighted by molar-refractivity contribution is 5.91. The molecule has 0 aromatic heterocycles. The van der Waals surface area contributed by atoms with Crippen LogP contribution in [0.25, 0.3) is 0 Å². The van der Waals surface area contributed by atoms with Gasteiger partial charge in [-0.05, 0) is 35.1 Å². The molecule has 0 bridgehead atoms. The molecule has 28 heavy (non-hydrogen) atoms. The van der Waals surface area contributed by atoms with Crippen LogP contribution in [-0.4, -0.2) is 23.8 Å². The summed E-state index contributed by atoms with van der Waals surface area (Å²) in [6.45, 7) is 3.02. The highest BCUT2D eigenvalue weighted by atomic mass is 16.7. The third-order valence-electron chi connectivity index (χ3n) is 4.67. The summed E-state index contributed by atoms with van der Waals surface area (Å²) in [5, 5.41) is 12.0. The first-order valence-electron chi connectivity index (χ1n) is 9.65. The summed E-state index contributed by atoms with van der Waals surface area (Å²) >= 11 is 0. The van der Waals surface area contributed by atoms with Gasteiger partial charge in [0, 0.05) is 13.0 Å². The maximum absolute atomic E-state index is 12.4. The van der Waals surface area contributed by atoms with Gasteiger partial charge in [-0.1, -0.05) is 61.5 Å². The normalized spacial score (nSPS) is 18.9. The van der Waals surface area contributed by atoms with E-state index in [4.69, 9.17) is 14.6 Å². The zero-order valence-electron chi connectivity index (χ0n) is 16.1. The fourth-order valence-electron chi connectivity index (χ4n) is 3.07. The number of benzene rings is 2. The van der Waals surface area contributed by atoms with Gasteiger partial charge in [0.1, 0.15) is 0 Å². The minimum absolute atomic E-state index is 0.0257. The molecule has 0 fully saturated rings. The molecule has 148 valence electrons. The van der Waals surface area contributed by atoms with Crippen LogP contribution in [0, 0.1) is 5.92 Å². The van der Waals surface area contributed by atoms with E-state index in [0.29, 0.717) is 25.3 Å². The lowest BCUT2D eigenvalue weighted by Gasteiger charge is -2.27. The molecular weight excluding hydrogens is 354 g/mol. The molecule has 1 heterocycles. The van der Waals surface area contributed by atoms with Gasteiger partial charge in [0.2, 0.25) is 6.29 Å². The molecule has 0 aliphatic carbocycles. The van der Waals surface area contributed by atoms with Crippen molar-refractivity contribution in [3.05, 3.63) is 83.1 Å². The van der Waals surface area contributed by atoms with Crippen LogP contribution in [0.1, 0.15) is 30.0 Å². The van der Waals surface area contributed by atoms with Crippen LogP contribution in [0.3, 0.4) is 0 Å². The summed E-state index contributed by atoms with van der Waals surface area (Å²) in [6.07, 6.45) is 2.88. The lowest BCUT2D eigenvalue weighted by molar-refractivity contribution is -0.152. The lowest BCUT2D eigenvalue weighted by atomic mass is 10.0. The summed E-state index contributed by atoms with van der Waals surface area (Å²) in [5.74, 6) is 0.321. The van der Waals surface area contributed by atoms with Gasteiger partial charge in [-0.15, -0.1) is 0 Å². The van der Waals surface area contributed by atoms with E-state index in [1.165, 1.54) is 5.56 Å². The molecular formula is C23H27NO4. The molecule has 3 rings (SSSR count). The van der Waals surface area contributed by atoms with Gasteiger partial charge >= 0.3 is 0 Å². The molecule has 0 saturated carbocycles. The third kappa shape index (κ3) is 5.94. The third-order valence-corrected chi connectivity index (χ3v) is 4.67. The molecule has 2 atom stereocenters. The van der Waals surface area contributed by atoms with Crippen molar-refractivity contribution in [2.45, 2.75) is 39.3 Å². The Morgan fingerprint density at radius 1 is 1.11 bits per heavy atom. The number of carbonyl (C=O) groups is 1. The second-order valence-corrected chi connectivity index (χ2v) is 7.07. The number of hydrogen-bond donors (Lipinski definition) is 2. The molecule has 2 N–H and O–H groups in total. The van der Waals surface area contributed by atoms with Crippen LogP contribution in [0.5, 0.6) is 0 Å². The van der Waals surface area contributed by atoms with Crippen molar-refractivity contribution in [2.75, 3.05) is 6.54 Å². The predicted octanol–water partition coefficient (Wildman–Crippen LogP) is 3.32. The number of carbonyl (C=O) groups excluding carboxylic acids is 1.